The molecule has 6 saturated heterocycles. The third kappa shape index (κ3) is 5.81. The number of piperidine rings is 3. The van der Waals surface area contributed by atoms with E-state index in [1.54, 1.807) is 0 Å². The van der Waals surface area contributed by atoms with E-state index in [1.165, 1.54) is 44.5 Å². The second-order valence-corrected chi connectivity index (χ2v) is 13.9. The van der Waals surface area contributed by atoms with E-state index >= 15 is 0 Å². The minimum atomic E-state index is -0.304. The summed E-state index contributed by atoms with van der Waals surface area (Å²) in [5.41, 5.74) is 3.86. The number of urea groups is 1. The van der Waals surface area contributed by atoms with Crippen LogP contribution in [0.3, 0.4) is 0 Å². The van der Waals surface area contributed by atoms with Gasteiger partial charge in [0.2, 0.25) is 11.9 Å². The third-order valence-electron chi connectivity index (χ3n) is 11.2. The number of nitrogens with zero attached hydrogens (tertiary/aromatic N) is 6. The van der Waals surface area contributed by atoms with Crippen LogP contribution in [0.25, 0.3) is 11.4 Å². The highest BCUT2D eigenvalue weighted by molar-refractivity contribution is 5.99. The van der Waals surface area contributed by atoms with Gasteiger partial charge in [-0.25, -0.2) is 4.79 Å². The topological polar surface area (TPSA) is 139 Å². The van der Waals surface area contributed by atoms with Crippen LogP contribution in [0, 0.1) is 0 Å². The second kappa shape index (κ2) is 12.6. The molecule has 4 N–H and O–H groups in total. The van der Waals surface area contributed by atoms with Crippen molar-refractivity contribution >= 4 is 29.3 Å². The molecule has 3 aromatic rings. The highest BCUT2D eigenvalue weighted by atomic mass is 16.5. The van der Waals surface area contributed by atoms with Crippen LogP contribution >= 0.6 is 0 Å². The van der Waals surface area contributed by atoms with Crippen molar-refractivity contribution in [3.05, 3.63) is 54.1 Å². The van der Waals surface area contributed by atoms with E-state index in [9.17, 15) is 15.0 Å². The van der Waals surface area contributed by atoms with Gasteiger partial charge in [0.15, 0.2) is 5.82 Å². The van der Waals surface area contributed by atoms with Gasteiger partial charge >= 0.3 is 6.03 Å². The molecule has 0 radical (unpaired) electrons. The zero-order chi connectivity index (χ0) is 32.0. The first-order valence-electron chi connectivity index (χ1n) is 17.2. The lowest BCUT2D eigenvalue weighted by molar-refractivity contribution is 0.0818. The molecule has 0 spiro atoms. The van der Waals surface area contributed by atoms with E-state index in [-0.39, 0.29) is 48.8 Å². The fraction of sp³-hybridized carbons (Fsp3) is 0.543. The Morgan fingerprint density at radius 3 is 1.83 bits per heavy atom. The van der Waals surface area contributed by atoms with Crippen molar-refractivity contribution in [2.45, 2.75) is 74.5 Å². The van der Waals surface area contributed by atoms with Gasteiger partial charge in [-0.2, -0.15) is 15.0 Å². The van der Waals surface area contributed by atoms with Crippen molar-refractivity contribution < 1.29 is 19.7 Å². The minimum absolute atomic E-state index is 0.0398. The van der Waals surface area contributed by atoms with E-state index < -0.39 is 0 Å². The molecule has 4 atom stereocenters. The highest BCUT2D eigenvalue weighted by Gasteiger charge is 2.42. The lowest BCUT2D eigenvalue weighted by Crippen LogP contribution is -2.50. The number of carbonyl (C=O) groups is 1. The lowest BCUT2D eigenvalue weighted by atomic mass is 9.67. The Balaban J connectivity index is 0.995. The number of aliphatic hydroxyl groups is 2. The van der Waals surface area contributed by atoms with Crippen LogP contribution in [0.15, 0.2) is 48.5 Å². The molecule has 47 heavy (non-hydrogen) atoms. The molecule has 6 aliphatic heterocycles. The van der Waals surface area contributed by atoms with Crippen LogP contribution in [-0.4, -0.2) is 106 Å². The van der Waals surface area contributed by atoms with Crippen LogP contribution in [0.2, 0.25) is 0 Å². The number of amides is 2. The summed E-state index contributed by atoms with van der Waals surface area (Å²) in [6, 6.07) is 15.6. The first-order valence-corrected chi connectivity index (χ1v) is 17.2. The molecule has 4 bridgehead atoms. The normalized spacial score (nSPS) is 29.7. The first kappa shape index (κ1) is 30.5. The smallest absolute Gasteiger partial charge is 0.323 e. The Morgan fingerprint density at radius 1 is 0.745 bits per heavy atom. The maximum atomic E-state index is 12.9. The summed E-state index contributed by atoms with van der Waals surface area (Å²) in [7, 11) is 0. The standard InChI is InChI=1S/C35H44N8O4/c44-19-27-9-10-28(20-45)42(27)32-38-31(39-33(40-32)43-29-11-12-30(43)22-47-21-29)23-1-5-25(6-2-23)36-34(46)37-26-7-3-24(4-8-26)35-13-16-41(17-14-35)18-15-35/h1-8,27-30,44-45H,9-22H2,(H2,36,37,46)/t27-,28+,29?,30?. The first-order chi connectivity index (χ1) is 23.0. The van der Waals surface area contributed by atoms with Crippen molar-refractivity contribution in [3.8, 4) is 11.4 Å². The van der Waals surface area contributed by atoms with Crippen LogP contribution < -0.4 is 20.4 Å². The molecule has 2 amide bonds. The van der Waals surface area contributed by atoms with Gasteiger partial charge in [-0.15, -0.1) is 0 Å². The molecule has 1 aromatic heterocycles. The molecule has 2 aromatic carbocycles. The third-order valence-corrected chi connectivity index (χ3v) is 11.2. The number of aliphatic hydroxyl groups excluding tert-OH is 2. The Kier molecular flexibility index (Phi) is 8.20. The van der Waals surface area contributed by atoms with Gasteiger partial charge in [-0.3, -0.25) is 0 Å². The van der Waals surface area contributed by atoms with Gasteiger partial charge < -0.3 is 40.3 Å². The summed E-state index contributed by atoms with van der Waals surface area (Å²) in [5, 5.41) is 26.2. The summed E-state index contributed by atoms with van der Waals surface area (Å²) >= 11 is 0. The average molecular weight is 641 g/mol. The Bertz CT molecular complexity index is 1540. The number of fused-ring (bicyclic) bond motifs is 5. The number of rotatable bonds is 8. The zero-order valence-corrected chi connectivity index (χ0v) is 26.7. The SMILES string of the molecule is O=C(Nc1ccc(-c2nc(N3C4CCC3COC4)nc(N3[C@H](CO)CC[C@@H]3CO)n2)cc1)Nc1ccc(C23CCN(CC2)CC3)cc1. The Labute approximate surface area is 275 Å². The fourth-order valence-electron chi connectivity index (χ4n) is 8.48. The number of ether oxygens (including phenoxy) is 1. The van der Waals surface area contributed by atoms with Crippen molar-refractivity contribution in [1.29, 1.82) is 0 Å². The molecule has 0 aliphatic carbocycles. The predicted molar refractivity (Wildman–Crippen MR) is 180 cm³/mol. The fourth-order valence-corrected chi connectivity index (χ4v) is 8.48. The van der Waals surface area contributed by atoms with Crippen molar-refractivity contribution in [3.63, 3.8) is 0 Å². The van der Waals surface area contributed by atoms with Gasteiger partial charge in [-0.1, -0.05) is 12.1 Å². The Hall–Kier alpha value is -3.84. The van der Waals surface area contributed by atoms with Gasteiger partial charge in [0, 0.05) is 16.9 Å². The van der Waals surface area contributed by atoms with E-state index in [2.05, 4.69) is 32.6 Å². The zero-order valence-electron chi connectivity index (χ0n) is 26.7. The number of carbonyl (C=O) groups excluding carboxylic acids is 1. The number of nitrogens with one attached hydrogen (secondary N) is 2. The largest absolute Gasteiger partial charge is 0.394 e. The summed E-state index contributed by atoms with van der Waals surface area (Å²) in [6.45, 7) is 4.74. The van der Waals surface area contributed by atoms with E-state index in [0.717, 1.165) is 36.9 Å². The quantitative estimate of drug-likeness (QED) is 0.289. The van der Waals surface area contributed by atoms with Crippen LogP contribution in [0.4, 0.5) is 28.1 Å². The molecule has 7 heterocycles. The number of benzene rings is 2. The van der Waals surface area contributed by atoms with E-state index in [4.69, 9.17) is 19.7 Å². The lowest BCUT2D eigenvalue weighted by Gasteiger charge is -2.48. The van der Waals surface area contributed by atoms with Gasteiger partial charge in [-0.05, 0) is 112 Å². The molecular formula is C35H44N8O4. The molecule has 0 saturated carbocycles. The maximum Gasteiger partial charge on any atom is 0.323 e. The van der Waals surface area contributed by atoms with E-state index in [0.29, 0.717) is 36.6 Å². The molecule has 9 rings (SSSR count). The minimum Gasteiger partial charge on any atom is -0.394 e. The summed E-state index contributed by atoms with van der Waals surface area (Å²) in [5.74, 6) is 1.57. The van der Waals surface area contributed by atoms with Gasteiger partial charge in [0.05, 0.1) is 50.6 Å². The average Bonchev–Trinajstić information content (AvgIpc) is 3.66. The predicted octanol–water partition coefficient (Wildman–Crippen LogP) is 3.61. The van der Waals surface area contributed by atoms with Crippen molar-refractivity contribution in [2.75, 3.05) is 66.5 Å². The molecule has 6 aliphatic rings. The molecule has 2 unspecified atom stereocenters. The van der Waals surface area contributed by atoms with Crippen LogP contribution in [-0.2, 0) is 10.2 Å². The Morgan fingerprint density at radius 2 is 1.28 bits per heavy atom. The highest BCUT2D eigenvalue weighted by Crippen LogP contribution is 2.43. The van der Waals surface area contributed by atoms with Crippen LogP contribution in [0.5, 0.6) is 0 Å². The van der Waals surface area contributed by atoms with Gasteiger partial charge in [0.1, 0.15) is 0 Å². The number of anilines is 4. The maximum absolute atomic E-state index is 12.9. The van der Waals surface area contributed by atoms with Crippen molar-refractivity contribution in [1.82, 2.24) is 19.9 Å². The molecule has 248 valence electrons. The number of aromatic nitrogens is 3. The summed E-state index contributed by atoms with van der Waals surface area (Å²) in [6.07, 6.45) is 7.19. The molecular weight excluding hydrogens is 596 g/mol. The van der Waals surface area contributed by atoms with Crippen LogP contribution in [0.1, 0.15) is 50.5 Å². The molecule has 12 nitrogen and oxygen atoms in total. The number of hydrogen-bond donors (Lipinski definition) is 4. The second-order valence-electron chi connectivity index (χ2n) is 13.9. The van der Waals surface area contributed by atoms with Crippen molar-refractivity contribution in [2.24, 2.45) is 0 Å². The monoisotopic (exact) mass is 640 g/mol. The number of hydrogen-bond acceptors (Lipinski definition) is 10. The molecule has 12 heteroatoms. The molecule has 6 fully saturated rings. The van der Waals surface area contributed by atoms with Gasteiger partial charge in [0.25, 0.3) is 0 Å². The summed E-state index contributed by atoms with van der Waals surface area (Å²) < 4.78 is 5.81. The summed E-state index contributed by atoms with van der Waals surface area (Å²) in [4.78, 5) is 34.4. The van der Waals surface area contributed by atoms with E-state index in [1.807, 2.05) is 41.3 Å². The number of morpholine rings is 1.